The van der Waals surface area contributed by atoms with Crippen molar-refractivity contribution in [1.29, 1.82) is 0 Å². The highest BCUT2D eigenvalue weighted by molar-refractivity contribution is 5.33. The maximum Gasteiger partial charge on any atom is 0.186 e. The molecule has 0 spiro atoms. The molecule has 0 aliphatic rings. The van der Waals surface area contributed by atoms with Gasteiger partial charge in [0.15, 0.2) is 6.29 Å². The molecule has 1 N–H and O–H groups in total. The summed E-state index contributed by atoms with van der Waals surface area (Å²) >= 11 is 0. The van der Waals surface area contributed by atoms with E-state index in [1.807, 2.05) is 12.1 Å². The van der Waals surface area contributed by atoms with Gasteiger partial charge in [-0.25, -0.2) is 0 Å². The predicted octanol–water partition coefficient (Wildman–Crippen LogP) is 1.83. The number of aliphatic hydroxyl groups is 1. The molecule has 5 heteroatoms. The van der Waals surface area contributed by atoms with Crippen molar-refractivity contribution < 1.29 is 24.1 Å². The molecule has 5 nitrogen and oxygen atoms in total. The molecule has 0 heterocycles. The maximum absolute atomic E-state index is 10.2. The predicted molar refractivity (Wildman–Crippen MR) is 71.5 cm³/mol. The molecule has 1 aromatic carbocycles. The molecule has 1 rings (SSSR count). The van der Waals surface area contributed by atoms with Crippen LogP contribution in [0.5, 0.6) is 11.5 Å². The van der Waals surface area contributed by atoms with Crippen LogP contribution in [0.25, 0.3) is 0 Å². The summed E-state index contributed by atoms with van der Waals surface area (Å²) in [5, 5.41) is 10.2. The molecule has 1 aromatic rings. The van der Waals surface area contributed by atoms with Crippen LogP contribution in [0.3, 0.4) is 0 Å². The van der Waals surface area contributed by atoms with Crippen molar-refractivity contribution in [2.45, 2.75) is 31.8 Å². The summed E-state index contributed by atoms with van der Waals surface area (Å²) in [5.74, 6) is 1.30. The van der Waals surface area contributed by atoms with Gasteiger partial charge in [-0.1, -0.05) is 6.07 Å². The highest BCUT2D eigenvalue weighted by atomic mass is 16.7. The van der Waals surface area contributed by atoms with Crippen LogP contribution >= 0.6 is 0 Å². The zero-order valence-corrected chi connectivity index (χ0v) is 12.0. The number of methoxy groups -OCH3 is 3. The van der Waals surface area contributed by atoms with Crippen LogP contribution in [0, 0.1) is 0 Å². The first kappa shape index (κ1) is 15.8. The Morgan fingerprint density at radius 2 is 1.63 bits per heavy atom. The van der Waals surface area contributed by atoms with Gasteiger partial charge in [0.25, 0.3) is 0 Å². The lowest BCUT2D eigenvalue weighted by Crippen LogP contribution is -2.50. The lowest BCUT2D eigenvalue weighted by molar-refractivity contribution is -0.204. The van der Waals surface area contributed by atoms with E-state index in [-0.39, 0.29) is 0 Å². The Hall–Kier alpha value is -1.30. The van der Waals surface area contributed by atoms with Crippen LogP contribution in [-0.2, 0) is 9.47 Å². The summed E-state index contributed by atoms with van der Waals surface area (Å²) in [7, 11) is 4.53. The molecule has 0 aromatic heterocycles. The van der Waals surface area contributed by atoms with E-state index in [9.17, 15) is 5.11 Å². The zero-order chi connectivity index (χ0) is 14.5. The van der Waals surface area contributed by atoms with E-state index in [1.165, 1.54) is 14.2 Å². The molecule has 1 atom stereocenters. The minimum absolute atomic E-state index is 0.606. The number of hydrogen-bond acceptors (Lipinski definition) is 5. The summed E-state index contributed by atoms with van der Waals surface area (Å²) < 4.78 is 21.0. The van der Waals surface area contributed by atoms with E-state index >= 15 is 0 Å². The molecular weight excluding hydrogens is 248 g/mol. The van der Waals surface area contributed by atoms with Crippen molar-refractivity contribution in [2.24, 2.45) is 0 Å². The van der Waals surface area contributed by atoms with E-state index in [0.29, 0.717) is 11.5 Å². The van der Waals surface area contributed by atoms with Gasteiger partial charge in [-0.05, 0) is 26.0 Å². The number of aliphatic hydroxyl groups excluding tert-OH is 1. The molecule has 0 fully saturated rings. The van der Waals surface area contributed by atoms with Crippen LogP contribution in [0.1, 0.15) is 13.8 Å². The highest BCUT2D eigenvalue weighted by Gasteiger charge is 2.37. The topological polar surface area (TPSA) is 57.2 Å². The third-order valence-corrected chi connectivity index (χ3v) is 2.86. The summed E-state index contributed by atoms with van der Waals surface area (Å²) in [6.07, 6.45) is -1.69. The van der Waals surface area contributed by atoms with Crippen LogP contribution in [-0.4, -0.2) is 44.4 Å². The third kappa shape index (κ3) is 4.09. The molecule has 0 aliphatic carbocycles. The Balaban J connectivity index is 2.82. The molecule has 19 heavy (non-hydrogen) atoms. The largest absolute Gasteiger partial charge is 0.497 e. The van der Waals surface area contributed by atoms with Gasteiger partial charge in [-0.2, -0.15) is 0 Å². The second-order valence-electron chi connectivity index (χ2n) is 4.67. The summed E-state index contributed by atoms with van der Waals surface area (Å²) in [6, 6.07) is 7.19. The first-order valence-corrected chi connectivity index (χ1v) is 6.01. The van der Waals surface area contributed by atoms with Gasteiger partial charge < -0.3 is 24.1 Å². The molecule has 1 unspecified atom stereocenters. The molecule has 0 radical (unpaired) electrons. The Kier molecular flexibility index (Phi) is 5.60. The Bertz CT molecular complexity index is 387. The number of rotatable bonds is 7. The van der Waals surface area contributed by atoms with Gasteiger partial charge in [-0.15, -0.1) is 0 Å². The molecule has 0 saturated heterocycles. The molecule has 0 bridgehead atoms. The molecule has 0 saturated carbocycles. The van der Waals surface area contributed by atoms with E-state index in [0.717, 1.165) is 0 Å². The fraction of sp³-hybridized carbons (Fsp3) is 0.571. The monoisotopic (exact) mass is 270 g/mol. The highest BCUT2D eigenvalue weighted by Crippen LogP contribution is 2.26. The van der Waals surface area contributed by atoms with Crippen molar-refractivity contribution in [2.75, 3.05) is 21.3 Å². The summed E-state index contributed by atoms with van der Waals surface area (Å²) in [5.41, 5.74) is -0.872. The summed E-state index contributed by atoms with van der Waals surface area (Å²) in [6.45, 7) is 3.53. The standard InChI is InChI=1S/C14H22O5/c1-14(2,12(15)13(17-4)18-5)19-11-8-6-7-10(9-11)16-3/h6-9,12-13,15H,1-5H3. The Morgan fingerprint density at radius 3 is 2.16 bits per heavy atom. The van der Waals surface area contributed by atoms with Crippen molar-refractivity contribution in [3.8, 4) is 11.5 Å². The van der Waals surface area contributed by atoms with Crippen LogP contribution in [0.4, 0.5) is 0 Å². The van der Waals surface area contributed by atoms with Gasteiger partial charge in [0.2, 0.25) is 0 Å². The normalized spacial score (nSPS) is 13.4. The second kappa shape index (κ2) is 6.75. The van der Waals surface area contributed by atoms with Gasteiger partial charge in [0.05, 0.1) is 7.11 Å². The Labute approximate surface area is 114 Å². The quantitative estimate of drug-likeness (QED) is 0.766. The van der Waals surface area contributed by atoms with Gasteiger partial charge >= 0.3 is 0 Å². The first-order valence-electron chi connectivity index (χ1n) is 6.01. The maximum atomic E-state index is 10.2. The Morgan fingerprint density at radius 1 is 1.05 bits per heavy atom. The number of ether oxygens (including phenoxy) is 4. The number of hydrogen-bond donors (Lipinski definition) is 1. The van der Waals surface area contributed by atoms with Gasteiger partial charge in [0, 0.05) is 20.3 Å². The van der Waals surface area contributed by atoms with Crippen molar-refractivity contribution in [3.63, 3.8) is 0 Å². The van der Waals surface area contributed by atoms with Crippen LogP contribution in [0.15, 0.2) is 24.3 Å². The first-order chi connectivity index (χ1) is 8.94. The lowest BCUT2D eigenvalue weighted by Gasteiger charge is -2.34. The minimum Gasteiger partial charge on any atom is -0.497 e. The van der Waals surface area contributed by atoms with Gasteiger partial charge in [-0.3, -0.25) is 0 Å². The summed E-state index contributed by atoms with van der Waals surface area (Å²) in [4.78, 5) is 0. The molecule has 0 amide bonds. The fourth-order valence-corrected chi connectivity index (χ4v) is 1.71. The average molecular weight is 270 g/mol. The second-order valence-corrected chi connectivity index (χ2v) is 4.67. The van der Waals surface area contributed by atoms with Crippen molar-refractivity contribution in [1.82, 2.24) is 0 Å². The van der Waals surface area contributed by atoms with E-state index < -0.39 is 18.0 Å². The van der Waals surface area contributed by atoms with Gasteiger partial charge in [0.1, 0.15) is 23.2 Å². The molecular formula is C14H22O5. The minimum atomic E-state index is -0.936. The molecule has 108 valence electrons. The van der Waals surface area contributed by atoms with Crippen LogP contribution in [0.2, 0.25) is 0 Å². The fourth-order valence-electron chi connectivity index (χ4n) is 1.71. The SMILES string of the molecule is COc1cccc(OC(C)(C)C(O)C(OC)OC)c1. The molecule has 0 aliphatic heterocycles. The van der Waals surface area contributed by atoms with Crippen molar-refractivity contribution >= 4 is 0 Å². The number of benzene rings is 1. The third-order valence-electron chi connectivity index (χ3n) is 2.86. The van der Waals surface area contributed by atoms with Crippen molar-refractivity contribution in [3.05, 3.63) is 24.3 Å². The van der Waals surface area contributed by atoms with E-state index in [4.69, 9.17) is 18.9 Å². The smallest absolute Gasteiger partial charge is 0.186 e. The van der Waals surface area contributed by atoms with Crippen LogP contribution < -0.4 is 9.47 Å². The average Bonchev–Trinajstić information content (AvgIpc) is 2.39. The van der Waals surface area contributed by atoms with E-state index in [1.54, 1.807) is 33.1 Å². The zero-order valence-electron chi connectivity index (χ0n) is 12.0. The lowest BCUT2D eigenvalue weighted by atomic mass is 10.0. The van der Waals surface area contributed by atoms with E-state index in [2.05, 4.69) is 0 Å².